The van der Waals surface area contributed by atoms with Gasteiger partial charge in [-0.25, -0.2) is 21.1 Å². The van der Waals surface area contributed by atoms with Gasteiger partial charge in [0.2, 0.25) is 10.0 Å². The van der Waals surface area contributed by atoms with Crippen LogP contribution in [-0.4, -0.2) is 46.7 Å². The number of benzene rings is 1. The molecule has 8 heteroatoms. The van der Waals surface area contributed by atoms with E-state index in [1.165, 1.54) is 14.1 Å². The Bertz CT molecular complexity index is 637. The van der Waals surface area contributed by atoms with Crippen LogP contribution in [0.25, 0.3) is 0 Å². The fraction of sp³-hybridized carbons (Fsp3) is 0.500. The molecule has 0 spiro atoms. The molecule has 5 nitrogen and oxygen atoms in total. The van der Waals surface area contributed by atoms with E-state index in [0.29, 0.717) is 10.6 Å². The minimum atomic E-state index is -3.35. The normalized spacial score (nSPS) is 12.8. The molecular weight excluding hydrogens is 322 g/mol. The van der Waals surface area contributed by atoms with Crippen LogP contribution >= 0.6 is 11.6 Å². The Kier molecular flexibility index (Phi) is 6.00. The molecule has 1 rings (SSSR count). The molecule has 0 aliphatic rings. The van der Waals surface area contributed by atoms with Gasteiger partial charge in [0, 0.05) is 19.1 Å². The molecule has 0 heterocycles. The maximum atomic E-state index is 11.9. The summed E-state index contributed by atoms with van der Waals surface area (Å²) in [4.78, 5) is 0. The lowest BCUT2D eigenvalue weighted by Gasteiger charge is -2.11. The molecule has 0 amide bonds. The molecule has 20 heavy (non-hydrogen) atoms. The smallest absolute Gasteiger partial charge is 0.213 e. The zero-order chi connectivity index (χ0) is 15.4. The second kappa shape index (κ2) is 6.89. The number of halogens is 1. The van der Waals surface area contributed by atoms with Gasteiger partial charge in [0.25, 0.3) is 0 Å². The molecule has 0 saturated heterocycles. The van der Waals surface area contributed by atoms with Crippen LogP contribution in [0.1, 0.15) is 12.0 Å². The van der Waals surface area contributed by atoms with Gasteiger partial charge in [-0.3, -0.25) is 0 Å². The SMILES string of the molecule is CN(C)S(=O)(=O)CCCS(=O)(=O)Cc1ccc(Cl)cc1. The molecule has 0 saturated carbocycles. The maximum Gasteiger partial charge on any atom is 0.213 e. The Hall–Kier alpha value is -0.630. The average Bonchev–Trinajstić information content (AvgIpc) is 2.31. The van der Waals surface area contributed by atoms with E-state index in [9.17, 15) is 16.8 Å². The van der Waals surface area contributed by atoms with Gasteiger partial charge in [-0.1, -0.05) is 23.7 Å². The summed E-state index contributed by atoms with van der Waals surface area (Å²) in [5.74, 6) is -0.422. The molecule has 1 aromatic rings. The Morgan fingerprint density at radius 3 is 2.05 bits per heavy atom. The van der Waals surface area contributed by atoms with Crippen molar-refractivity contribution in [1.29, 1.82) is 0 Å². The Morgan fingerprint density at radius 1 is 1.00 bits per heavy atom. The number of hydrogen-bond donors (Lipinski definition) is 0. The molecule has 0 unspecified atom stereocenters. The molecule has 0 fully saturated rings. The van der Waals surface area contributed by atoms with E-state index in [4.69, 9.17) is 11.6 Å². The third kappa shape index (κ3) is 5.78. The number of sulfone groups is 1. The molecule has 1 aromatic carbocycles. The van der Waals surface area contributed by atoms with Crippen molar-refractivity contribution in [3.8, 4) is 0 Å². The lowest BCUT2D eigenvalue weighted by Crippen LogP contribution is -2.26. The first-order valence-corrected chi connectivity index (χ1v) is 9.78. The molecule has 0 radical (unpaired) electrons. The van der Waals surface area contributed by atoms with Crippen molar-refractivity contribution in [2.75, 3.05) is 25.6 Å². The minimum absolute atomic E-state index is 0.0937. The zero-order valence-corrected chi connectivity index (χ0v) is 13.8. The van der Waals surface area contributed by atoms with Gasteiger partial charge in [-0.05, 0) is 24.1 Å². The quantitative estimate of drug-likeness (QED) is 0.755. The van der Waals surface area contributed by atoms with Gasteiger partial charge in [0.1, 0.15) is 0 Å². The second-order valence-corrected chi connectivity index (χ2v) is 9.59. The zero-order valence-electron chi connectivity index (χ0n) is 11.4. The largest absolute Gasteiger partial charge is 0.228 e. The first-order chi connectivity index (χ1) is 9.12. The predicted octanol–water partition coefficient (Wildman–Crippen LogP) is 1.54. The number of hydrogen-bond acceptors (Lipinski definition) is 4. The van der Waals surface area contributed by atoms with Crippen molar-refractivity contribution in [3.63, 3.8) is 0 Å². The molecule has 0 N–H and O–H groups in total. The topological polar surface area (TPSA) is 71.5 Å². The van der Waals surface area contributed by atoms with Crippen molar-refractivity contribution < 1.29 is 16.8 Å². The lowest BCUT2D eigenvalue weighted by atomic mass is 10.2. The first-order valence-electron chi connectivity index (χ1n) is 5.97. The van der Waals surface area contributed by atoms with Crippen molar-refractivity contribution >= 4 is 31.5 Å². The van der Waals surface area contributed by atoms with Gasteiger partial charge in [-0.15, -0.1) is 0 Å². The molecule has 0 atom stereocenters. The van der Waals surface area contributed by atoms with Crippen molar-refractivity contribution in [1.82, 2.24) is 4.31 Å². The summed E-state index contributed by atoms with van der Waals surface area (Å²) in [7, 11) is -3.81. The van der Waals surface area contributed by atoms with Gasteiger partial charge < -0.3 is 0 Å². The number of rotatable bonds is 7. The third-order valence-electron chi connectivity index (χ3n) is 2.71. The molecule has 0 aliphatic heterocycles. The summed E-state index contributed by atoms with van der Waals surface area (Å²) < 4.78 is 48.0. The van der Waals surface area contributed by atoms with Crippen LogP contribution in [0, 0.1) is 0 Å². The Morgan fingerprint density at radius 2 is 1.55 bits per heavy atom. The Balaban J connectivity index is 2.57. The first kappa shape index (κ1) is 17.4. The number of nitrogens with zero attached hydrogens (tertiary/aromatic N) is 1. The van der Waals surface area contributed by atoms with Gasteiger partial charge in [-0.2, -0.15) is 0 Å². The highest BCUT2D eigenvalue weighted by molar-refractivity contribution is 7.91. The minimum Gasteiger partial charge on any atom is -0.228 e. The highest BCUT2D eigenvalue weighted by atomic mass is 35.5. The van der Waals surface area contributed by atoms with Crippen molar-refractivity contribution in [3.05, 3.63) is 34.9 Å². The summed E-state index contributed by atoms with van der Waals surface area (Å²) in [5, 5.41) is 0.545. The maximum absolute atomic E-state index is 11.9. The fourth-order valence-electron chi connectivity index (χ4n) is 1.55. The standard InChI is InChI=1S/C12H18ClNO4S2/c1-14(2)20(17,18)9-3-8-19(15,16)10-11-4-6-12(13)7-5-11/h4-7H,3,8-10H2,1-2H3. The van der Waals surface area contributed by atoms with Crippen LogP contribution in [0.4, 0.5) is 0 Å². The Labute approximate surface area is 125 Å². The molecule has 0 aliphatic carbocycles. The van der Waals surface area contributed by atoms with E-state index >= 15 is 0 Å². The molecular formula is C12H18ClNO4S2. The summed E-state index contributed by atoms with van der Waals surface area (Å²) in [5.41, 5.74) is 0.643. The highest BCUT2D eigenvalue weighted by Gasteiger charge is 2.17. The fourth-order valence-corrected chi connectivity index (χ4v) is 4.16. The van der Waals surface area contributed by atoms with Crippen LogP contribution in [-0.2, 0) is 25.6 Å². The van der Waals surface area contributed by atoms with Crippen molar-refractivity contribution in [2.24, 2.45) is 0 Å². The van der Waals surface area contributed by atoms with Crippen LogP contribution < -0.4 is 0 Å². The van der Waals surface area contributed by atoms with E-state index < -0.39 is 19.9 Å². The molecule has 0 aromatic heterocycles. The van der Waals surface area contributed by atoms with Gasteiger partial charge in [0.15, 0.2) is 9.84 Å². The lowest BCUT2D eigenvalue weighted by molar-refractivity contribution is 0.519. The van der Waals surface area contributed by atoms with E-state index in [1.807, 2.05) is 0 Å². The third-order valence-corrected chi connectivity index (χ3v) is 6.57. The van der Waals surface area contributed by atoms with Crippen molar-refractivity contribution in [2.45, 2.75) is 12.2 Å². The monoisotopic (exact) mass is 339 g/mol. The van der Waals surface area contributed by atoms with Crippen LogP contribution in [0.2, 0.25) is 5.02 Å². The summed E-state index contributed by atoms with van der Waals surface area (Å²) >= 11 is 5.73. The molecule has 0 bridgehead atoms. The summed E-state index contributed by atoms with van der Waals surface area (Å²) in [6, 6.07) is 6.55. The van der Waals surface area contributed by atoms with Crippen LogP contribution in [0.15, 0.2) is 24.3 Å². The van der Waals surface area contributed by atoms with E-state index in [2.05, 4.69) is 0 Å². The van der Waals surface area contributed by atoms with Gasteiger partial charge in [0.05, 0.1) is 17.3 Å². The number of sulfonamides is 1. The molecule has 114 valence electrons. The van der Waals surface area contributed by atoms with E-state index in [0.717, 1.165) is 4.31 Å². The van der Waals surface area contributed by atoms with E-state index in [-0.39, 0.29) is 23.7 Å². The average molecular weight is 340 g/mol. The van der Waals surface area contributed by atoms with Gasteiger partial charge >= 0.3 is 0 Å². The van der Waals surface area contributed by atoms with E-state index in [1.54, 1.807) is 24.3 Å². The second-order valence-electron chi connectivity index (χ2n) is 4.67. The van der Waals surface area contributed by atoms with Crippen LogP contribution in [0.3, 0.4) is 0 Å². The summed E-state index contributed by atoms with van der Waals surface area (Å²) in [6.45, 7) is 0. The highest BCUT2D eigenvalue weighted by Crippen LogP contribution is 2.13. The predicted molar refractivity (Wildman–Crippen MR) is 81.0 cm³/mol. The van der Waals surface area contributed by atoms with Crippen LogP contribution in [0.5, 0.6) is 0 Å². The summed E-state index contributed by atoms with van der Waals surface area (Å²) in [6.07, 6.45) is 0.0937.